The van der Waals surface area contributed by atoms with Crippen molar-refractivity contribution in [3.63, 3.8) is 0 Å². The van der Waals surface area contributed by atoms with Gasteiger partial charge in [0.1, 0.15) is 11.5 Å². The molecular formula is C19H32IN5O3. The van der Waals surface area contributed by atoms with E-state index in [2.05, 4.69) is 20.5 Å². The molecule has 1 heterocycles. The summed E-state index contributed by atoms with van der Waals surface area (Å²) in [5.74, 6) is 2.45. The van der Waals surface area contributed by atoms with Gasteiger partial charge in [-0.15, -0.1) is 24.0 Å². The van der Waals surface area contributed by atoms with Gasteiger partial charge < -0.3 is 25.0 Å². The predicted octanol–water partition coefficient (Wildman–Crippen LogP) is 1.15. The van der Waals surface area contributed by atoms with Gasteiger partial charge in [0.05, 0.1) is 14.2 Å². The molecule has 1 fully saturated rings. The monoisotopic (exact) mass is 505 g/mol. The topological polar surface area (TPSA) is 78.4 Å². The molecule has 0 spiro atoms. The Morgan fingerprint density at radius 3 is 2.43 bits per heavy atom. The standard InChI is InChI=1S/C19H31N5O3.HI/c1-15(25)24-11-9-23(10-12-24)8-7-21-19(20-2)22-14-16-5-6-17(26-3)13-18(16)27-4;/h5-6,13H,7-12,14H2,1-4H3,(H2,20,21,22);1H. The van der Waals surface area contributed by atoms with Gasteiger partial charge in [0.25, 0.3) is 0 Å². The van der Waals surface area contributed by atoms with E-state index >= 15 is 0 Å². The largest absolute Gasteiger partial charge is 0.497 e. The zero-order valence-electron chi connectivity index (χ0n) is 17.2. The summed E-state index contributed by atoms with van der Waals surface area (Å²) in [4.78, 5) is 19.9. The molecule has 158 valence electrons. The maximum atomic E-state index is 11.4. The van der Waals surface area contributed by atoms with Gasteiger partial charge in [-0.3, -0.25) is 14.7 Å². The van der Waals surface area contributed by atoms with Gasteiger partial charge in [0.15, 0.2) is 5.96 Å². The lowest BCUT2D eigenvalue weighted by Gasteiger charge is -2.34. The SMILES string of the molecule is CN=C(NCCN1CCN(C(C)=O)CC1)NCc1ccc(OC)cc1OC.I. The predicted molar refractivity (Wildman–Crippen MR) is 122 cm³/mol. The third kappa shape index (κ3) is 7.34. The molecule has 1 aliphatic heterocycles. The second-order valence-corrected chi connectivity index (χ2v) is 6.38. The normalized spacial score (nSPS) is 14.9. The molecule has 1 aliphatic rings. The number of aliphatic imine (C=N–C) groups is 1. The maximum absolute atomic E-state index is 11.4. The smallest absolute Gasteiger partial charge is 0.219 e. The molecule has 8 nitrogen and oxygen atoms in total. The van der Waals surface area contributed by atoms with Crippen LogP contribution in [0, 0.1) is 0 Å². The van der Waals surface area contributed by atoms with Gasteiger partial charge in [0, 0.05) is 71.4 Å². The average molecular weight is 505 g/mol. The Morgan fingerprint density at radius 1 is 1.14 bits per heavy atom. The third-order valence-electron chi connectivity index (χ3n) is 4.70. The van der Waals surface area contributed by atoms with Crippen LogP contribution in [0.1, 0.15) is 12.5 Å². The molecule has 0 atom stereocenters. The third-order valence-corrected chi connectivity index (χ3v) is 4.70. The summed E-state index contributed by atoms with van der Waals surface area (Å²) in [6.07, 6.45) is 0. The van der Waals surface area contributed by atoms with E-state index in [-0.39, 0.29) is 29.9 Å². The summed E-state index contributed by atoms with van der Waals surface area (Å²) in [6.45, 7) is 7.37. The number of carbonyl (C=O) groups excluding carboxylic acids is 1. The average Bonchev–Trinajstić information content (AvgIpc) is 2.70. The number of halogens is 1. The zero-order chi connectivity index (χ0) is 19.6. The van der Waals surface area contributed by atoms with Gasteiger partial charge in [-0.05, 0) is 12.1 Å². The fourth-order valence-electron chi connectivity index (χ4n) is 3.02. The second kappa shape index (κ2) is 12.7. The Bertz CT molecular complexity index is 648. The Balaban J connectivity index is 0.00000392. The maximum Gasteiger partial charge on any atom is 0.219 e. The molecule has 9 heteroatoms. The van der Waals surface area contributed by atoms with Crippen molar-refractivity contribution < 1.29 is 14.3 Å². The van der Waals surface area contributed by atoms with Crippen molar-refractivity contribution >= 4 is 35.8 Å². The molecule has 28 heavy (non-hydrogen) atoms. The highest BCUT2D eigenvalue weighted by Gasteiger charge is 2.17. The molecule has 0 radical (unpaired) electrons. The van der Waals surface area contributed by atoms with Crippen LogP contribution >= 0.6 is 24.0 Å². The fraction of sp³-hybridized carbons (Fsp3) is 0.579. The highest BCUT2D eigenvalue weighted by Crippen LogP contribution is 2.24. The Hall–Kier alpha value is -1.75. The molecule has 0 aromatic heterocycles. The summed E-state index contributed by atoms with van der Waals surface area (Å²) in [5.41, 5.74) is 1.03. The van der Waals surface area contributed by atoms with Crippen LogP contribution in [0.25, 0.3) is 0 Å². The Labute approximate surface area is 184 Å². The van der Waals surface area contributed by atoms with Crippen molar-refractivity contribution in [2.24, 2.45) is 4.99 Å². The van der Waals surface area contributed by atoms with Crippen LogP contribution < -0.4 is 20.1 Å². The van der Waals surface area contributed by atoms with Gasteiger partial charge in [-0.1, -0.05) is 0 Å². The minimum absolute atomic E-state index is 0. The van der Waals surface area contributed by atoms with Crippen molar-refractivity contribution in [3.8, 4) is 11.5 Å². The lowest BCUT2D eigenvalue weighted by molar-refractivity contribution is -0.130. The Morgan fingerprint density at radius 2 is 1.86 bits per heavy atom. The molecular weight excluding hydrogens is 473 g/mol. The van der Waals surface area contributed by atoms with Crippen LogP contribution in [0.3, 0.4) is 0 Å². The number of carbonyl (C=O) groups is 1. The number of nitrogens with zero attached hydrogens (tertiary/aromatic N) is 3. The van der Waals surface area contributed by atoms with E-state index in [1.807, 2.05) is 23.1 Å². The lowest BCUT2D eigenvalue weighted by Crippen LogP contribution is -2.50. The number of benzene rings is 1. The van der Waals surface area contributed by atoms with E-state index in [0.29, 0.717) is 6.54 Å². The van der Waals surface area contributed by atoms with Gasteiger partial charge in [0.2, 0.25) is 5.91 Å². The van der Waals surface area contributed by atoms with E-state index in [1.165, 1.54) is 0 Å². The molecule has 2 rings (SSSR count). The van der Waals surface area contributed by atoms with Crippen LogP contribution in [-0.2, 0) is 11.3 Å². The number of methoxy groups -OCH3 is 2. The Kier molecular flexibility index (Phi) is 11.0. The van der Waals surface area contributed by atoms with Crippen molar-refractivity contribution in [2.45, 2.75) is 13.5 Å². The zero-order valence-corrected chi connectivity index (χ0v) is 19.5. The van der Waals surface area contributed by atoms with Crippen LogP contribution in [-0.4, -0.2) is 82.2 Å². The second-order valence-electron chi connectivity index (χ2n) is 6.38. The summed E-state index contributed by atoms with van der Waals surface area (Å²) >= 11 is 0. The molecule has 2 N–H and O–H groups in total. The van der Waals surface area contributed by atoms with Crippen molar-refractivity contribution in [2.75, 3.05) is 60.5 Å². The molecule has 1 aromatic carbocycles. The first kappa shape index (κ1) is 24.3. The van der Waals surface area contributed by atoms with Crippen molar-refractivity contribution in [1.82, 2.24) is 20.4 Å². The van der Waals surface area contributed by atoms with Gasteiger partial charge in [-0.25, -0.2) is 0 Å². The van der Waals surface area contributed by atoms with Crippen LogP contribution in [0.4, 0.5) is 0 Å². The van der Waals surface area contributed by atoms with E-state index in [4.69, 9.17) is 9.47 Å². The summed E-state index contributed by atoms with van der Waals surface area (Å²) < 4.78 is 10.7. The number of hydrogen-bond donors (Lipinski definition) is 2. The molecule has 1 aromatic rings. The molecule has 0 bridgehead atoms. The molecule has 0 saturated carbocycles. The summed E-state index contributed by atoms with van der Waals surface area (Å²) in [6, 6.07) is 5.76. The highest BCUT2D eigenvalue weighted by atomic mass is 127. The number of piperazine rings is 1. The first-order valence-corrected chi connectivity index (χ1v) is 9.20. The number of nitrogens with one attached hydrogen (secondary N) is 2. The van der Waals surface area contributed by atoms with E-state index in [1.54, 1.807) is 28.2 Å². The van der Waals surface area contributed by atoms with E-state index in [0.717, 1.165) is 62.3 Å². The number of ether oxygens (including phenoxy) is 2. The minimum Gasteiger partial charge on any atom is -0.497 e. The van der Waals surface area contributed by atoms with Gasteiger partial charge >= 0.3 is 0 Å². The quantitative estimate of drug-likeness (QED) is 0.329. The van der Waals surface area contributed by atoms with E-state index < -0.39 is 0 Å². The van der Waals surface area contributed by atoms with Crippen LogP contribution in [0.2, 0.25) is 0 Å². The molecule has 0 unspecified atom stereocenters. The number of rotatable bonds is 7. The lowest BCUT2D eigenvalue weighted by atomic mass is 10.2. The van der Waals surface area contributed by atoms with E-state index in [9.17, 15) is 4.79 Å². The van der Waals surface area contributed by atoms with Crippen LogP contribution in [0.5, 0.6) is 11.5 Å². The highest BCUT2D eigenvalue weighted by molar-refractivity contribution is 14.0. The van der Waals surface area contributed by atoms with Crippen molar-refractivity contribution in [1.29, 1.82) is 0 Å². The van der Waals surface area contributed by atoms with Crippen molar-refractivity contribution in [3.05, 3.63) is 23.8 Å². The fourth-order valence-corrected chi connectivity index (χ4v) is 3.02. The van der Waals surface area contributed by atoms with Gasteiger partial charge in [-0.2, -0.15) is 0 Å². The first-order chi connectivity index (χ1) is 13.1. The number of amides is 1. The van der Waals surface area contributed by atoms with Crippen LogP contribution in [0.15, 0.2) is 23.2 Å². The molecule has 1 amide bonds. The molecule has 0 aliphatic carbocycles. The number of guanidine groups is 1. The summed E-state index contributed by atoms with van der Waals surface area (Å²) in [5, 5.41) is 6.64. The first-order valence-electron chi connectivity index (χ1n) is 9.20. The summed E-state index contributed by atoms with van der Waals surface area (Å²) in [7, 11) is 5.04. The minimum atomic E-state index is 0. The number of hydrogen-bond acceptors (Lipinski definition) is 5. The molecule has 1 saturated heterocycles.